The second-order valence-electron chi connectivity index (χ2n) is 3.75. The molecule has 0 unspecified atom stereocenters. The summed E-state index contributed by atoms with van der Waals surface area (Å²) in [6.07, 6.45) is 2.62. The molecule has 2 N–H and O–H groups in total. The molecule has 0 spiro atoms. The number of sulfonamides is 1. The Morgan fingerprint density at radius 2 is 2.20 bits per heavy atom. The molecule has 0 aromatic carbocycles. The highest BCUT2D eigenvalue weighted by Crippen LogP contribution is 2.14. The van der Waals surface area contributed by atoms with Gasteiger partial charge < -0.3 is 10.5 Å². The predicted octanol–water partition coefficient (Wildman–Crippen LogP) is -0.815. The van der Waals surface area contributed by atoms with Crippen LogP contribution in [-0.2, 0) is 19.6 Å². The summed E-state index contributed by atoms with van der Waals surface area (Å²) in [4.78, 5) is 14.9. The van der Waals surface area contributed by atoms with Crippen LogP contribution in [0.15, 0.2) is 23.4 Å². The predicted molar refractivity (Wildman–Crippen MR) is 72.0 cm³/mol. The summed E-state index contributed by atoms with van der Waals surface area (Å²) in [5.41, 5.74) is 5.68. The molecular weight excluding hydrogens is 282 g/mol. The highest BCUT2D eigenvalue weighted by Gasteiger charge is 2.23. The minimum Gasteiger partial charge on any atom is -0.468 e. The van der Waals surface area contributed by atoms with Gasteiger partial charge in [-0.15, -0.1) is 0 Å². The Morgan fingerprint density at radius 3 is 2.80 bits per heavy atom. The van der Waals surface area contributed by atoms with E-state index in [2.05, 4.69) is 21.6 Å². The molecule has 1 heterocycles. The molecule has 20 heavy (non-hydrogen) atoms. The maximum atomic E-state index is 12.2. The lowest BCUT2D eigenvalue weighted by atomic mass is 10.3. The number of pyridine rings is 1. The normalized spacial score (nSPS) is 10.8. The van der Waals surface area contributed by atoms with E-state index in [0.29, 0.717) is 5.56 Å². The fourth-order valence-corrected chi connectivity index (χ4v) is 2.40. The highest BCUT2D eigenvalue weighted by atomic mass is 32.2. The van der Waals surface area contributed by atoms with E-state index >= 15 is 0 Å². The molecule has 0 atom stereocenters. The fraction of sp³-hybridized carbons (Fsp3) is 0.333. The summed E-state index contributed by atoms with van der Waals surface area (Å²) < 4.78 is 29.7. The van der Waals surface area contributed by atoms with Gasteiger partial charge in [-0.25, -0.2) is 8.42 Å². The summed E-state index contributed by atoms with van der Waals surface area (Å²) in [7, 11) is -1.35. The molecule has 0 aliphatic carbocycles. The van der Waals surface area contributed by atoms with Gasteiger partial charge in [0.25, 0.3) is 0 Å². The number of nitrogens with two attached hydrogens (primary N) is 1. The topological polar surface area (TPSA) is 103 Å². The number of esters is 1. The first-order valence-electron chi connectivity index (χ1n) is 5.59. The molecule has 0 aliphatic rings. The van der Waals surface area contributed by atoms with Crippen LogP contribution in [0, 0.1) is 11.8 Å². The third kappa shape index (κ3) is 4.03. The number of hydrogen-bond donors (Lipinski definition) is 1. The molecule has 1 aromatic rings. The second kappa shape index (κ2) is 7.00. The largest absolute Gasteiger partial charge is 0.468 e. The molecule has 1 rings (SSSR count). The van der Waals surface area contributed by atoms with Crippen molar-refractivity contribution >= 4 is 16.0 Å². The van der Waals surface area contributed by atoms with Gasteiger partial charge in [-0.2, -0.15) is 4.31 Å². The zero-order valence-electron chi connectivity index (χ0n) is 11.2. The molecule has 108 valence electrons. The summed E-state index contributed by atoms with van der Waals surface area (Å²) in [5.74, 6) is 4.65. The van der Waals surface area contributed by atoms with Crippen molar-refractivity contribution in [2.75, 3.05) is 27.2 Å². The second-order valence-corrected chi connectivity index (χ2v) is 5.80. The van der Waals surface area contributed by atoms with Crippen molar-refractivity contribution in [3.63, 3.8) is 0 Å². The fourth-order valence-electron chi connectivity index (χ4n) is 1.29. The molecule has 0 radical (unpaired) electrons. The van der Waals surface area contributed by atoms with E-state index in [-0.39, 0.29) is 18.0 Å². The van der Waals surface area contributed by atoms with E-state index in [1.54, 1.807) is 0 Å². The van der Waals surface area contributed by atoms with Crippen LogP contribution < -0.4 is 5.73 Å². The van der Waals surface area contributed by atoms with Crippen molar-refractivity contribution in [1.82, 2.24) is 9.29 Å². The number of nitrogens with zero attached hydrogens (tertiary/aromatic N) is 2. The number of carbonyl (C=O) groups is 1. The van der Waals surface area contributed by atoms with Crippen LogP contribution in [0.3, 0.4) is 0 Å². The van der Waals surface area contributed by atoms with Gasteiger partial charge in [-0.1, -0.05) is 11.8 Å². The maximum absolute atomic E-state index is 12.2. The van der Waals surface area contributed by atoms with E-state index in [1.807, 2.05) is 0 Å². The molecule has 0 amide bonds. The molecule has 8 heteroatoms. The van der Waals surface area contributed by atoms with Crippen LogP contribution in [0.1, 0.15) is 5.56 Å². The van der Waals surface area contributed by atoms with Crippen LogP contribution in [0.5, 0.6) is 0 Å². The monoisotopic (exact) mass is 297 g/mol. The summed E-state index contributed by atoms with van der Waals surface area (Å²) in [6.45, 7) is -0.212. The first kappa shape index (κ1) is 16.1. The van der Waals surface area contributed by atoms with Gasteiger partial charge in [-0.3, -0.25) is 9.78 Å². The number of ether oxygens (including phenoxy) is 1. The molecule has 0 aliphatic heterocycles. The number of methoxy groups -OCH3 is 1. The van der Waals surface area contributed by atoms with E-state index in [0.717, 1.165) is 4.31 Å². The van der Waals surface area contributed by atoms with Crippen molar-refractivity contribution in [1.29, 1.82) is 0 Å². The van der Waals surface area contributed by atoms with E-state index in [4.69, 9.17) is 5.73 Å². The van der Waals surface area contributed by atoms with E-state index < -0.39 is 16.0 Å². The van der Waals surface area contributed by atoms with E-state index in [1.165, 1.54) is 32.6 Å². The smallest absolute Gasteiger partial charge is 0.321 e. The van der Waals surface area contributed by atoms with Crippen LogP contribution in [0.2, 0.25) is 0 Å². The summed E-state index contributed by atoms with van der Waals surface area (Å²) in [6, 6.07) is 1.37. The Hall–Kier alpha value is -1.95. The lowest BCUT2D eigenvalue weighted by Gasteiger charge is -2.15. The van der Waals surface area contributed by atoms with Crippen LogP contribution in [-0.4, -0.2) is 50.9 Å². The highest BCUT2D eigenvalue weighted by molar-refractivity contribution is 7.89. The third-order valence-corrected chi connectivity index (χ3v) is 4.10. The van der Waals surface area contributed by atoms with Crippen LogP contribution in [0.25, 0.3) is 0 Å². The minimum absolute atomic E-state index is 0.0484. The Balaban J connectivity index is 3.06. The SMILES string of the molecule is COC(=O)CN(C)S(=O)(=O)c1cncc(C#CCN)c1. The molecular formula is C12H15N3O4S. The molecule has 1 aromatic heterocycles. The first-order valence-corrected chi connectivity index (χ1v) is 7.03. The number of hydrogen-bond acceptors (Lipinski definition) is 6. The Kier molecular flexibility index (Phi) is 5.64. The number of rotatable bonds is 4. The van der Waals surface area contributed by atoms with Gasteiger partial charge >= 0.3 is 5.97 Å². The zero-order chi connectivity index (χ0) is 15.2. The van der Waals surface area contributed by atoms with Crippen LogP contribution in [0.4, 0.5) is 0 Å². The van der Waals surface area contributed by atoms with Gasteiger partial charge in [0.1, 0.15) is 11.4 Å². The minimum atomic E-state index is -3.82. The molecule has 7 nitrogen and oxygen atoms in total. The molecule has 0 saturated carbocycles. The Bertz CT molecular complexity index is 646. The average Bonchev–Trinajstić information content (AvgIpc) is 2.45. The van der Waals surface area contributed by atoms with E-state index in [9.17, 15) is 13.2 Å². The van der Waals surface area contributed by atoms with Gasteiger partial charge in [-0.05, 0) is 6.07 Å². The average molecular weight is 297 g/mol. The van der Waals surface area contributed by atoms with Crippen molar-refractivity contribution < 1.29 is 17.9 Å². The standard InChI is InChI=1S/C12H15N3O4S/c1-15(9-12(16)19-2)20(17,18)11-6-10(4-3-5-13)7-14-8-11/h6-8H,5,9,13H2,1-2H3. The van der Waals surface area contributed by atoms with Crippen molar-refractivity contribution in [3.05, 3.63) is 24.0 Å². The van der Waals surface area contributed by atoms with Crippen molar-refractivity contribution in [2.45, 2.75) is 4.90 Å². The first-order chi connectivity index (χ1) is 9.41. The zero-order valence-corrected chi connectivity index (χ0v) is 12.0. The summed E-state index contributed by atoms with van der Waals surface area (Å²) >= 11 is 0. The number of aromatic nitrogens is 1. The molecule has 0 bridgehead atoms. The van der Waals surface area contributed by atoms with Gasteiger partial charge in [0, 0.05) is 25.0 Å². The van der Waals surface area contributed by atoms with Crippen molar-refractivity contribution in [2.24, 2.45) is 5.73 Å². The van der Waals surface area contributed by atoms with Gasteiger partial charge in [0.15, 0.2) is 0 Å². The third-order valence-electron chi connectivity index (χ3n) is 2.34. The number of likely N-dealkylation sites (N-methyl/N-ethyl adjacent to an activating group) is 1. The van der Waals surface area contributed by atoms with Crippen LogP contribution >= 0.6 is 0 Å². The quantitative estimate of drug-likeness (QED) is 0.576. The number of carbonyl (C=O) groups excluding carboxylic acids is 1. The Labute approximate surface area is 117 Å². The lowest BCUT2D eigenvalue weighted by Crippen LogP contribution is -2.32. The maximum Gasteiger partial charge on any atom is 0.321 e. The lowest BCUT2D eigenvalue weighted by molar-refractivity contribution is -0.140. The van der Waals surface area contributed by atoms with Crippen molar-refractivity contribution in [3.8, 4) is 11.8 Å². The molecule has 0 saturated heterocycles. The molecule has 0 fully saturated rings. The Morgan fingerprint density at radius 1 is 1.50 bits per heavy atom. The van der Waals surface area contributed by atoms with Gasteiger partial charge in [0.2, 0.25) is 10.0 Å². The summed E-state index contributed by atoms with van der Waals surface area (Å²) in [5, 5.41) is 0. The van der Waals surface area contributed by atoms with Gasteiger partial charge in [0.05, 0.1) is 13.7 Å².